The summed E-state index contributed by atoms with van der Waals surface area (Å²) in [6.45, 7) is 3.94. The van der Waals surface area contributed by atoms with Gasteiger partial charge in [0.1, 0.15) is 5.82 Å². The third-order valence-electron chi connectivity index (χ3n) is 3.68. The molecule has 3 rings (SSSR count). The molecule has 0 saturated heterocycles. The van der Waals surface area contributed by atoms with Crippen LogP contribution >= 0.6 is 15.9 Å². The van der Waals surface area contributed by atoms with Gasteiger partial charge in [-0.15, -0.1) is 0 Å². The molecule has 2 heterocycles. The van der Waals surface area contributed by atoms with Crippen LogP contribution in [0.5, 0.6) is 0 Å². The summed E-state index contributed by atoms with van der Waals surface area (Å²) in [5.74, 6) is 0.425. The molecular formula is C16H17BrFN3. The summed E-state index contributed by atoms with van der Waals surface area (Å²) in [5, 5.41) is 3.38. The maximum atomic E-state index is 13.4. The van der Waals surface area contributed by atoms with Crippen LogP contribution in [0.15, 0.2) is 22.7 Å². The molecule has 1 aliphatic heterocycles. The van der Waals surface area contributed by atoms with Gasteiger partial charge < -0.3 is 5.32 Å². The first kappa shape index (κ1) is 14.6. The Kier molecular flexibility index (Phi) is 4.31. The Morgan fingerprint density at radius 1 is 1.33 bits per heavy atom. The van der Waals surface area contributed by atoms with Crippen LogP contribution in [-0.2, 0) is 19.4 Å². The van der Waals surface area contributed by atoms with Gasteiger partial charge in [0.05, 0.1) is 10.2 Å². The van der Waals surface area contributed by atoms with E-state index in [1.54, 1.807) is 12.1 Å². The Balaban J connectivity index is 2.09. The van der Waals surface area contributed by atoms with Crippen LogP contribution in [0.2, 0.25) is 0 Å². The lowest BCUT2D eigenvalue weighted by atomic mass is 10.0. The van der Waals surface area contributed by atoms with E-state index in [2.05, 4.69) is 28.2 Å². The second-order valence-corrected chi connectivity index (χ2v) is 6.08. The molecule has 0 unspecified atom stereocenters. The number of fused-ring (bicyclic) bond motifs is 1. The van der Waals surface area contributed by atoms with Gasteiger partial charge in [0.2, 0.25) is 0 Å². The van der Waals surface area contributed by atoms with Crippen molar-refractivity contribution in [2.45, 2.75) is 32.7 Å². The minimum Gasteiger partial charge on any atom is -0.312 e. The van der Waals surface area contributed by atoms with E-state index in [9.17, 15) is 4.39 Å². The van der Waals surface area contributed by atoms with Gasteiger partial charge in [0.15, 0.2) is 5.82 Å². The van der Waals surface area contributed by atoms with Crippen molar-refractivity contribution in [3.63, 3.8) is 0 Å². The molecule has 1 aromatic carbocycles. The first-order valence-electron chi connectivity index (χ1n) is 7.24. The number of rotatable bonds is 3. The van der Waals surface area contributed by atoms with Crippen molar-refractivity contribution in [2.75, 3.05) is 6.54 Å². The molecule has 3 nitrogen and oxygen atoms in total. The number of nitrogens with one attached hydrogen (secondary N) is 1. The SMILES string of the molecule is CCCc1nc(-c2ccc(F)c(Br)c2)nc2c1CNCC2. The summed E-state index contributed by atoms with van der Waals surface area (Å²) >= 11 is 3.23. The normalized spacial score (nSPS) is 14.0. The lowest BCUT2D eigenvalue weighted by Crippen LogP contribution is -2.26. The standard InChI is InChI=1S/C16H17BrFN3/c1-2-3-14-11-9-19-7-6-15(11)21-16(20-14)10-4-5-13(18)12(17)8-10/h4-5,8,19H,2-3,6-7,9H2,1H3. The molecule has 0 atom stereocenters. The Labute approximate surface area is 132 Å². The van der Waals surface area contributed by atoms with Gasteiger partial charge in [-0.05, 0) is 40.5 Å². The molecule has 0 bridgehead atoms. The van der Waals surface area contributed by atoms with E-state index >= 15 is 0 Å². The molecule has 21 heavy (non-hydrogen) atoms. The summed E-state index contributed by atoms with van der Waals surface area (Å²) in [6, 6.07) is 4.93. The van der Waals surface area contributed by atoms with Crippen molar-refractivity contribution in [3.8, 4) is 11.4 Å². The molecule has 110 valence electrons. The molecular weight excluding hydrogens is 333 g/mol. The van der Waals surface area contributed by atoms with Gasteiger partial charge in [0, 0.05) is 36.3 Å². The molecule has 0 saturated carbocycles. The molecule has 0 aliphatic carbocycles. The lowest BCUT2D eigenvalue weighted by molar-refractivity contribution is 0.615. The number of hydrogen-bond acceptors (Lipinski definition) is 3. The van der Waals surface area contributed by atoms with Crippen LogP contribution in [0, 0.1) is 5.82 Å². The second kappa shape index (κ2) is 6.20. The predicted octanol–water partition coefficient (Wildman–Crippen LogP) is 3.64. The van der Waals surface area contributed by atoms with Gasteiger partial charge in [-0.25, -0.2) is 14.4 Å². The van der Waals surface area contributed by atoms with Crippen LogP contribution < -0.4 is 5.32 Å². The number of benzene rings is 1. The van der Waals surface area contributed by atoms with Crippen LogP contribution in [0.3, 0.4) is 0 Å². The molecule has 1 aromatic heterocycles. The molecule has 0 radical (unpaired) electrons. The van der Waals surface area contributed by atoms with Crippen LogP contribution in [0.4, 0.5) is 4.39 Å². The third kappa shape index (κ3) is 2.99. The van der Waals surface area contributed by atoms with Crippen LogP contribution in [0.25, 0.3) is 11.4 Å². The Morgan fingerprint density at radius 2 is 2.19 bits per heavy atom. The maximum absolute atomic E-state index is 13.4. The number of aryl methyl sites for hydroxylation is 1. The van der Waals surface area contributed by atoms with Crippen molar-refractivity contribution >= 4 is 15.9 Å². The number of halogens is 2. The molecule has 2 aromatic rings. The van der Waals surface area contributed by atoms with Crippen molar-refractivity contribution in [1.29, 1.82) is 0 Å². The average molecular weight is 350 g/mol. The van der Waals surface area contributed by atoms with Gasteiger partial charge in [-0.2, -0.15) is 0 Å². The van der Waals surface area contributed by atoms with Crippen LogP contribution in [-0.4, -0.2) is 16.5 Å². The fourth-order valence-corrected chi connectivity index (χ4v) is 3.00. The second-order valence-electron chi connectivity index (χ2n) is 5.22. The van der Waals surface area contributed by atoms with Crippen molar-refractivity contribution in [1.82, 2.24) is 15.3 Å². The summed E-state index contributed by atoms with van der Waals surface area (Å²) < 4.78 is 13.8. The van der Waals surface area contributed by atoms with Crippen molar-refractivity contribution in [2.24, 2.45) is 0 Å². The molecule has 0 spiro atoms. The van der Waals surface area contributed by atoms with Gasteiger partial charge in [0.25, 0.3) is 0 Å². The quantitative estimate of drug-likeness (QED) is 0.918. The van der Waals surface area contributed by atoms with E-state index in [-0.39, 0.29) is 5.82 Å². The Hall–Kier alpha value is -1.33. The lowest BCUT2D eigenvalue weighted by Gasteiger charge is -2.20. The Bertz CT molecular complexity index is 673. The largest absolute Gasteiger partial charge is 0.312 e. The topological polar surface area (TPSA) is 37.8 Å². The van der Waals surface area contributed by atoms with Gasteiger partial charge in [-0.3, -0.25) is 0 Å². The highest BCUT2D eigenvalue weighted by atomic mass is 79.9. The van der Waals surface area contributed by atoms with Gasteiger partial charge >= 0.3 is 0 Å². The minimum absolute atomic E-state index is 0.269. The number of hydrogen-bond donors (Lipinski definition) is 1. The molecule has 0 fully saturated rings. The number of nitrogens with zero attached hydrogens (tertiary/aromatic N) is 2. The van der Waals surface area contributed by atoms with E-state index in [0.29, 0.717) is 10.3 Å². The molecule has 5 heteroatoms. The summed E-state index contributed by atoms with van der Waals surface area (Å²) in [5.41, 5.74) is 4.34. The zero-order chi connectivity index (χ0) is 14.8. The first-order valence-corrected chi connectivity index (χ1v) is 8.03. The Morgan fingerprint density at radius 3 is 2.95 bits per heavy atom. The van der Waals surface area contributed by atoms with E-state index < -0.39 is 0 Å². The number of aromatic nitrogens is 2. The van der Waals surface area contributed by atoms with Gasteiger partial charge in [-0.1, -0.05) is 13.3 Å². The fraction of sp³-hybridized carbons (Fsp3) is 0.375. The molecule has 1 aliphatic rings. The summed E-state index contributed by atoms with van der Waals surface area (Å²) in [4.78, 5) is 9.43. The summed E-state index contributed by atoms with van der Waals surface area (Å²) in [7, 11) is 0. The average Bonchev–Trinajstić information content (AvgIpc) is 2.50. The highest BCUT2D eigenvalue weighted by Gasteiger charge is 2.18. The predicted molar refractivity (Wildman–Crippen MR) is 84.5 cm³/mol. The highest BCUT2D eigenvalue weighted by Crippen LogP contribution is 2.26. The summed E-state index contributed by atoms with van der Waals surface area (Å²) in [6.07, 6.45) is 2.92. The maximum Gasteiger partial charge on any atom is 0.159 e. The molecule has 0 amide bonds. The smallest absolute Gasteiger partial charge is 0.159 e. The van der Waals surface area contributed by atoms with E-state index in [4.69, 9.17) is 9.97 Å². The van der Waals surface area contributed by atoms with Crippen molar-refractivity contribution in [3.05, 3.63) is 45.4 Å². The van der Waals surface area contributed by atoms with Crippen LogP contribution in [0.1, 0.15) is 30.3 Å². The third-order valence-corrected chi connectivity index (χ3v) is 4.29. The highest BCUT2D eigenvalue weighted by molar-refractivity contribution is 9.10. The minimum atomic E-state index is -0.269. The first-order chi connectivity index (χ1) is 10.2. The zero-order valence-corrected chi connectivity index (χ0v) is 13.5. The van der Waals surface area contributed by atoms with E-state index in [1.165, 1.54) is 11.6 Å². The fourth-order valence-electron chi connectivity index (χ4n) is 2.62. The zero-order valence-electron chi connectivity index (χ0n) is 11.9. The molecule has 1 N–H and O–H groups in total. The van der Waals surface area contributed by atoms with E-state index in [1.807, 2.05) is 0 Å². The van der Waals surface area contributed by atoms with Crippen molar-refractivity contribution < 1.29 is 4.39 Å². The van der Waals surface area contributed by atoms with E-state index in [0.717, 1.165) is 49.3 Å². The monoisotopic (exact) mass is 349 g/mol.